The largest absolute Gasteiger partial charge is 0.481 e. The van der Waals surface area contributed by atoms with Crippen molar-refractivity contribution < 1.29 is 19.1 Å². The van der Waals surface area contributed by atoms with Crippen LogP contribution in [-0.2, 0) is 16.0 Å². The number of carbonyl (C=O) groups is 2. The van der Waals surface area contributed by atoms with Crippen LogP contribution in [0.4, 0.5) is 4.39 Å². The minimum atomic E-state index is -0.872. The molecule has 0 fully saturated rings. The third-order valence-corrected chi connectivity index (χ3v) is 3.45. The van der Waals surface area contributed by atoms with Crippen LogP contribution in [0.3, 0.4) is 0 Å². The van der Waals surface area contributed by atoms with E-state index in [-0.39, 0.29) is 24.1 Å². The zero-order valence-corrected chi connectivity index (χ0v) is 12.7. The lowest BCUT2D eigenvalue weighted by atomic mass is 10.0. The summed E-state index contributed by atoms with van der Waals surface area (Å²) in [5.41, 5.74) is 0.867. The minimum Gasteiger partial charge on any atom is -0.481 e. The third kappa shape index (κ3) is 5.69. The summed E-state index contributed by atoms with van der Waals surface area (Å²) in [5.74, 6) is -1.59. The van der Waals surface area contributed by atoms with E-state index in [0.717, 1.165) is 5.56 Å². The molecule has 0 aromatic heterocycles. The molecule has 4 nitrogen and oxygen atoms in total. The van der Waals surface area contributed by atoms with Crippen molar-refractivity contribution in [3.05, 3.63) is 34.1 Å². The number of nitrogens with one attached hydrogen (secondary N) is 1. The van der Waals surface area contributed by atoms with Gasteiger partial charge in [-0.1, -0.05) is 13.0 Å². The number of hydrogen-bond acceptors (Lipinski definition) is 2. The quantitative estimate of drug-likeness (QED) is 0.746. The predicted molar refractivity (Wildman–Crippen MR) is 76.8 cm³/mol. The Bertz CT molecular complexity index is 493. The van der Waals surface area contributed by atoms with Crippen LogP contribution < -0.4 is 5.32 Å². The normalized spacial score (nSPS) is 11.9. The Morgan fingerprint density at radius 1 is 1.45 bits per heavy atom. The molecule has 1 aromatic rings. The summed E-state index contributed by atoms with van der Waals surface area (Å²) in [4.78, 5) is 22.1. The lowest BCUT2D eigenvalue weighted by Gasteiger charge is -2.12. The molecule has 2 N–H and O–H groups in total. The van der Waals surface area contributed by atoms with E-state index in [9.17, 15) is 14.0 Å². The second-order valence-corrected chi connectivity index (χ2v) is 5.50. The van der Waals surface area contributed by atoms with Crippen LogP contribution in [0, 0.1) is 11.7 Å². The fourth-order valence-electron chi connectivity index (χ4n) is 1.74. The molecule has 0 heterocycles. The molecule has 0 saturated carbocycles. The maximum Gasteiger partial charge on any atom is 0.303 e. The zero-order chi connectivity index (χ0) is 15.1. The van der Waals surface area contributed by atoms with Crippen molar-refractivity contribution in [3.63, 3.8) is 0 Å². The first-order chi connectivity index (χ1) is 9.40. The Balaban J connectivity index is 2.41. The number of carbonyl (C=O) groups excluding carboxylic acids is 1. The van der Waals surface area contributed by atoms with Gasteiger partial charge in [0.05, 0.1) is 4.47 Å². The highest BCUT2D eigenvalue weighted by molar-refractivity contribution is 9.10. The van der Waals surface area contributed by atoms with Crippen LogP contribution in [0.25, 0.3) is 0 Å². The lowest BCUT2D eigenvalue weighted by molar-refractivity contribution is -0.137. The van der Waals surface area contributed by atoms with E-state index in [4.69, 9.17) is 5.11 Å². The van der Waals surface area contributed by atoms with Gasteiger partial charge in [-0.15, -0.1) is 0 Å². The van der Waals surface area contributed by atoms with E-state index < -0.39 is 5.97 Å². The molecule has 1 rings (SSSR count). The van der Waals surface area contributed by atoms with Gasteiger partial charge in [0.1, 0.15) is 5.82 Å². The Morgan fingerprint density at radius 2 is 2.15 bits per heavy atom. The zero-order valence-electron chi connectivity index (χ0n) is 11.2. The molecule has 0 radical (unpaired) electrons. The van der Waals surface area contributed by atoms with E-state index in [1.54, 1.807) is 19.1 Å². The van der Waals surface area contributed by atoms with Gasteiger partial charge in [0, 0.05) is 18.9 Å². The van der Waals surface area contributed by atoms with Gasteiger partial charge in [0.2, 0.25) is 5.91 Å². The summed E-state index contributed by atoms with van der Waals surface area (Å²) < 4.78 is 13.5. The van der Waals surface area contributed by atoms with Crippen molar-refractivity contribution in [2.24, 2.45) is 5.92 Å². The molecule has 0 aliphatic rings. The number of carboxylic acid groups (broad SMARTS) is 1. The number of hydrogen-bond donors (Lipinski definition) is 2. The molecule has 0 saturated heterocycles. The van der Waals surface area contributed by atoms with Crippen LogP contribution >= 0.6 is 15.9 Å². The maximum atomic E-state index is 13.1. The van der Waals surface area contributed by atoms with Crippen molar-refractivity contribution in [1.82, 2.24) is 5.32 Å². The Morgan fingerprint density at radius 3 is 2.75 bits per heavy atom. The van der Waals surface area contributed by atoms with Crippen LogP contribution in [0.15, 0.2) is 22.7 Å². The number of amides is 1. The van der Waals surface area contributed by atoms with Gasteiger partial charge in [-0.3, -0.25) is 9.59 Å². The van der Waals surface area contributed by atoms with E-state index in [1.165, 1.54) is 6.07 Å². The van der Waals surface area contributed by atoms with E-state index in [0.29, 0.717) is 23.9 Å². The highest BCUT2D eigenvalue weighted by Crippen LogP contribution is 2.19. The average Bonchev–Trinajstić information content (AvgIpc) is 2.38. The highest BCUT2D eigenvalue weighted by Gasteiger charge is 2.14. The maximum absolute atomic E-state index is 13.1. The Hall–Kier alpha value is -1.43. The van der Waals surface area contributed by atoms with Crippen molar-refractivity contribution in [3.8, 4) is 0 Å². The van der Waals surface area contributed by atoms with Gasteiger partial charge >= 0.3 is 5.97 Å². The summed E-state index contributed by atoms with van der Waals surface area (Å²) >= 11 is 3.11. The van der Waals surface area contributed by atoms with E-state index in [2.05, 4.69) is 21.2 Å². The number of benzene rings is 1. The smallest absolute Gasteiger partial charge is 0.303 e. The van der Waals surface area contributed by atoms with Crippen LogP contribution in [0.1, 0.15) is 25.3 Å². The first-order valence-corrected chi connectivity index (χ1v) is 7.13. The van der Waals surface area contributed by atoms with Gasteiger partial charge in [0.15, 0.2) is 0 Å². The number of carboxylic acids is 1. The summed E-state index contributed by atoms with van der Waals surface area (Å²) in [6.07, 6.45) is 0.957. The highest BCUT2D eigenvalue weighted by atomic mass is 79.9. The van der Waals surface area contributed by atoms with Crippen molar-refractivity contribution in [2.45, 2.75) is 26.2 Å². The van der Waals surface area contributed by atoms with Crippen LogP contribution in [0.2, 0.25) is 0 Å². The number of aliphatic carboxylic acids is 1. The molecule has 20 heavy (non-hydrogen) atoms. The third-order valence-electron chi connectivity index (χ3n) is 2.84. The van der Waals surface area contributed by atoms with Gasteiger partial charge in [-0.25, -0.2) is 4.39 Å². The Kier molecular flexibility index (Phi) is 6.64. The van der Waals surface area contributed by atoms with Gasteiger partial charge in [0.25, 0.3) is 0 Å². The van der Waals surface area contributed by atoms with Gasteiger partial charge < -0.3 is 10.4 Å². The van der Waals surface area contributed by atoms with Crippen molar-refractivity contribution >= 4 is 27.8 Å². The molecular weight excluding hydrogens is 329 g/mol. The minimum absolute atomic E-state index is 0.0412. The summed E-state index contributed by atoms with van der Waals surface area (Å²) in [7, 11) is 0. The second kappa shape index (κ2) is 7.99. The molecule has 1 aromatic carbocycles. The first-order valence-electron chi connectivity index (χ1n) is 6.33. The Labute approximate surface area is 125 Å². The van der Waals surface area contributed by atoms with Gasteiger partial charge in [-0.2, -0.15) is 0 Å². The summed E-state index contributed by atoms with van der Waals surface area (Å²) in [6.45, 7) is 2.13. The fraction of sp³-hybridized carbons (Fsp3) is 0.429. The SMILES string of the molecule is C[C@@H](Cc1ccc(F)c(Br)c1)C(=O)NCCCC(=O)O. The molecule has 110 valence electrons. The predicted octanol–water partition coefficient (Wildman–Crippen LogP) is 2.75. The molecule has 0 aliphatic heterocycles. The molecule has 6 heteroatoms. The first kappa shape index (κ1) is 16.6. The van der Waals surface area contributed by atoms with E-state index in [1.807, 2.05) is 0 Å². The van der Waals surface area contributed by atoms with Crippen LogP contribution in [-0.4, -0.2) is 23.5 Å². The molecule has 1 amide bonds. The monoisotopic (exact) mass is 345 g/mol. The van der Waals surface area contributed by atoms with Crippen LogP contribution in [0.5, 0.6) is 0 Å². The second-order valence-electron chi connectivity index (χ2n) is 4.64. The number of halogens is 2. The fourth-order valence-corrected chi connectivity index (χ4v) is 2.16. The molecule has 0 bridgehead atoms. The molecule has 0 unspecified atom stereocenters. The summed E-state index contributed by atoms with van der Waals surface area (Å²) in [5, 5.41) is 11.2. The standard InChI is InChI=1S/C14H17BrFNO3/c1-9(14(20)17-6-2-3-13(18)19)7-10-4-5-12(16)11(15)8-10/h4-5,8-9H,2-3,6-7H2,1H3,(H,17,20)(H,18,19)/t9-/m0/s1. The molecule has 0 spiro atoms. The molecular formula is C14H17BrFNO3. The van der Waals surface area contributed by atoms with E-state index >= 15 is 0 Å². The lowest BCUT2D eigenvalue weighted by Crippen LogP contribution is -2.31. The molecule has 0 aliphatic carbocycles. The number of rotatable bonds is 7. The summed E-state index contributed by atoms with van der Waals surface area (Å²) in [6, 6.07) is 4.66. The van der Waals surface area contributed by atoms with Gasteiger partial charge in [-0.05, 0) is 46.5 Å². The topological polar surface area (TPSA) is 66.4 Å². The van der Waals surface area contributed by atoms with Crippen molar-refractivity contribution in [1.29, 1.82) is 0 Å². The van der Waals surface area contributed by atoms with Crippen molar-refractivity contribution in [2.75, 3.05) is 6.54 Å². The average molecular weight is 346 g/mol. The molecule has 1 atom stereocenters.